The van der Waals surface area contributed by atoms with Gasteiger partial charge in [-0.2, -0.15) is 0 Å². The number of halogens is 1. The van der Waals surface area contributed by atoms with Gasteiger partial charge in [0.25, 0.3) is 0 Å². The fraction of sp³-hybridized carbons (Fsp3) is 1.00. The molecule has 13 heavy (non-hydrogen) atoms. The van der Waals surface area contributed by atoms with Crippen molar-refractivity contribution >= 4 is 21.4 Å². The Hall–Kier alpha value is 0.240. The van der Waals surface area contributed by atoms with Crippen molar-refractivity contribution in [2.45, 2.75) is 32.6 Å². The van der Waals surface area contributed by atoms with Crippen molar-refractivity contribution in [3.05, 3.63) is 0 Å². The monoisotopic (exact) mass is 226 g/mol. The highest BCUT2D eigenvalue weighted by molar-refractivity contribution is 7.90. The quantitative estimate of drug-likeness (QED) is 0.675. The lowest BCUT2D eigenvalue weighted by Crippen LogP contribution is -2.21. The Morgan fingerprint density at radius 1 is 1.23 bits per heavy atom. The van der Waals surface area contributed by atoms with Crippen LogP contribution in [0.2, 0.25) is 0 Å². The molecule has 0 heterocycles. The van der Waals surface area contributed by atoms with E-state index in [4.69, 9.17) is 11.6 Å². The van der Waals surface area contributed by atoms with Crippen molar-refractivity contribution in [2.24, 2.45) is 11.8 Å². The molecule has 0 spiro atoms. The summed E-state index contributed by atoms with van der Waals surface area (Å²) in [7, 11) is -2.84. The zero-order chi connectivity index (χ0) is 10.6. The molecule has 0 saturated carbocycles. The SMILES string of the molecule is CC(C)C(CCS(C)(=O)=O)C(C)Cl. The molecule has 0 fully saturated rings. The maximum Gasteiger partial charge on any atom is 0.147 e. The first-order chi connectivity index (χ1) is 5.74. The summed E-state index contributed by atoms with van der Waals surface area (Å²) >= 11 is 5.97. The number of sulfone groups is 1. The van der Waals surface area contributed by atoms with Gasteiger partial charge in [0.1, 0.15) is 9.84 Å². The minimum Gasteiger partial charge on any atom is -0.229 e. The van der Waals surface area contributed by atoms with Crippen LogP contribution in [0.15, 0.2) is 0 Å². The molecule has 2 nitrogen and oxygen atoms in total. The fourth-order valence-corrected chi connectivity index (χ4v) is 2.56. The van der Waals surface area contributed by atoms with Gasteiger partial charge >= 0.3 is 0 Å². The van der Waals surface area contributed by atoms with E-state index in [0.717, 1.165) is 0 Å². The molecule has 0 rings (SSSR count). The van der Waals surface area contributed by atoms with Gasteiger partial charge in [0.05, 0.1) is 5.75 Å². The molecule has 2 atom stereocenters. The van der Waals surface area contributed by atoms with Crippen LogP contribution in [0.1, 0.15) is 27.2 Å². The van der Waals surface area contributed by atoms with Gasteiger partial charge in [-0.15, -0.1) is 11.6 Å². The fourth-order valence-electron chi connectivity index (χ4n) is 1.44. The lowest BCUT2D eigenvalue weighted by Gasteiger charge is -2.22. The molecule has 0 aliphatic heterocycles. The first-order valence-electron chi connectivity index (χ1n) is 4.56. The number of hydrogen-bond donors (Lipinski definition) is 0. The van der Waals surface area contributed by atoms with Gasteiger partial charge in [-0.3, -0.25) is 0 Å². The molecular weight excluding hydrogens is 208 g/mol. The molecule has 4 heteroatoms. The van der Waals surface area contributed by atoms with Crippen LogP contribution in [-0.4, -0.2) is 25.8 Å². The molecule has 0 bridgehead atoms. The highest BCUT2D eigenvalue weighted by Gasteiger charge is 2.20. The molecule has 2 unspecified atom stereocenters. The van der Waals surface area contributed by atoms with Crippen LogP contribution in [0.3, 0.4) is 0 Å². The van der Waals surface area contributed by atoms with Crippen LogP contribution in [0.25, 0.3) is 0 Å². The van der Waals surface area contributed by atoms with Crippen LogP contribution < -0.4 is 0 Å². The molecule has 0 radical (unpaired) electrons. The van der Waals surface area contributed by atoms with Crippen LogP contribution in [0.5, 0.6) is 0 Å². The van der Waals surface area contributed by atoms with Gasteiger partial charge in [0, 0.05) is 11.6 Å². The molecule has 80 valence electrons. The predicted octanol–water partition coefficient (Wildman–Crippen LogP) is 2.32. The van der Waals surface area contributed by atoms with Crippen molar-refractivity contribution in [3.63, 3.8) is 0 Å². The summed E-state index contributed by atoms with van der Waals surface area (Å²) in [4.78, 5) is 0. The van der Waals surface area contributed by atoms with Crippen molar-refractivity contribution < 1.29 is 8.42 Å². The van der Waals surface area contributed by atoms with E-state index < -0.39 is 9.84 Å². The highest BCUT2D eigenvalue weighted by atomic mass is 35.5. The van der Waals surface area contributed by atoms with E-state index in [2.05, 4.69) is 13.8 Å². The van der Waals surface area contributed by atoms with E-state index in [-0.39, 0.29) is 17.0 Å². The predicted molar refractivity (Wildman–Crippen MR) is 58.0 cm³/mol. The van der Waals surface area contributed by atoms with Crippen molar-refractivity contribution in [3.8, 4) is 0 Å². The van der Waals surface area contributed by atoms with Gasteiger partial charge in [0.2, 0.25) is 0 Å². The van der Waals surface area contributed by atoms with E-state index in [1.54, 1.807) is 0 Å². The van der Waals surface area contributed by atoms with Crippen LogP contribution in [-0.2, 0) is 9.84 Å². The average molecular weight is 227 g/mol. The van der Waals surface area contributed by atoms with E-state index >= 15 is 0 Å². The highest BCUT2D eigenvalue weighted by Crippen LogP contribution is 2.23. The Kier molecular flexibility index (Phi) is 5.30. The Labute approximate surface area is 86.6 Å². The first-order valence-corrected chi connectivity index (χ1v) is 7.05. The van der Waals surface area contributed by atoms with E-state index in [0.29, 0.717) is 12.3 Å². The first kappa shape index (κ1) is 13.2. The molecule has 0 aromatic carbocycles. The average Bonchev–Trinajstić information content (AvgIpc) is 1.82. The number of alkyl halides is 1. The zero-order valence-electron chi connectivity index (χ0n) is 8.75. The Morgan fingerprint density at radius 2 is 1.69 bits per heavy atom. The Morgan fingerprint density at radius 3 is 1.92 bits per heavy atom. The Bertz CT molecular complexity index is 224. The summed E-state index contributed by atoms with van der Waals surface area (Å²) in [5.41, 5.74) is 0. The van der Waals surface area contributed by atoms with Crippen molar-refractivity contribution in [1.82, 2.24) is 0 Å². The summed E-state index contributed by atoms with van der Waals surface area (Å²) in [5, 5.41) is 0.0433. The Balaban J connectivity index is 4.13. The third kappa shape index (κ3) is 6.33. The van der Waals surface area contributed by atoms with Gasteiger partial charge in [0.15, 0.2) is 0 Å². The standard InChI is InChI=1S/C9H19ClO2S/c1-7(2)9(8(3)10)5-6-13(4,11)12/h7-9H,5-6H2,1-4H3. The second kappa shape index (κ2) is 5.20. The van der Waals surface area contributed by atoms with Gasteiger partial charge in [-0.25, -0.2) is 8.42 Å². The normalized spacial score (nSPS) is 17.4. The van der Waals surface area contributed by atoms with Crippen LogP contribution in [0, 0.1) is 11.8 Å². The maximum atomic E-state index is 10.9. The van der Waals surface area contributed by atoms with E-state index in [1.165, 1.54) is 6.26 Å². The number of hydrogen-bond acceptors (Lipinski definition) is 2. The smallest absolute Gasteiger partial charge is 0.147 e. The largest absolute Gasteiger partial charge is 0.229 e. The molecule has 0 aromatic heterocycles. The minimum absolute atomic E-state index is 0.0433. The summed E-state index contributed by atoms with van der Waals surface area (Å²) in [6.45, 7) is 6.08. The summed E-state index contributed by atoms with van der Waals surface area (Å²) < 4.78 is 21.9. The van der Waals surface area contributed by atoms with E-state index in [9.17, 15) is 8.42 Å². The van der Waals surface area contributed by atoms with Crippen LogP contribution >= 0.6 is 11.6 Å². The summed E-state index contributed by atoms with van der Waals surface area (Å²) in [6, 6.07) is 0. The zero-order valence-corrected chi connectivity index (χ0v) is 10.3. The molecular formula is C9H19ClO2S. The van der Waals surface area contributed by atoms with Crippen molar-refractivity contribution in [1.29, 1.82) is 0 Å². The molecule has 0 saturated heterocycles. The second-order valence-electron chi connectivity index (χ2n) is 4.00. The molecule has 0 aliphatic rings. The molecule has 0 aromatic rings. The molecule has 0 N–H and O–H groups in total. The van der Waals surface area contributed by atoms with Gasteiger partial charge < -0.3 is 0 Å². The maximum absolute atomic E-state index is 10.9. The topological polar surface area (TPSA) is 34.1 Å². The van der Waals surface area contributed by atoms with E-state index in [1.807, 2.05) is 6.92 Å². The minimum atomic E-state index is -2.84. The third-order valence-electron chi connectivity index (χ3n) is 2.27. The molecule has 0 aliphatic carbocycles. The molecule has 0 amide bonds. The van der Waals surface area contributed by atoms with Crippen molar-refractivity contribution in [2.75, 3.05) is 12.0 Å². The van der Waals surface area contributed by atoms with Crippen LogP contribution in [0.4, 0.5) is 0 Å². The summed E-state index contributed by atoms with van der Waals surface area (Å²) in [6.07, 6.45) is 1.93. The summed E-state index contributed by atoms with van der Waals surface area (Å²) in [5.74, 6) is 0.970. The second-order valence-corrected chi connectivity index (χ2v) is 6.95. The van der Waals surface area contributed by atoms with Gasteiger partial charge in [-0.05, 0) is 25.2 Å². The third-order valence-corrected chi connectivity index (χ3v) is 3.57. The lowest BCUT2D eigenvalue weighted by molar-refractivity contribution is 0.368. The number of rotatable bonds is 5. The lowest BCUT2D eigenvalue weighted by atomic mass is 9.90. The van der Waals surface area contributed by atoms with Gasteiger partial charge in [-0.1, -0.05) is 13.8 Å².